The molecule has 5 nitrogen and oxygen atoms in total. The van der Waals surface area contributed by atoms with Crippen LogP contribution in [0.5, 0.6) is 5.75 Å². The van der Waals surface area contributed by atoms with Crippen molar-refractivity contribution in [2.75, 3.05) is 12.3 Å². The summed E-state index contributed by atoms with van der Waals surface area (Å²) in [6.07, 6.45) is 1.92. The molecule has 118 valence electrons. The lowest BCUT2D eigenvalue weighted by atomic mass is 10.0. The molecule has 3 rings (SSSR count). The molecule has 1 aromatic heterocycles. The Morgan fingerprint density at radius 3 is 2.52 bits per heavy atom. The van der Waals surface area contributed by atoms with E-state index < -0.39 is 0 Å². The predicted octanol–water partition coefficient (Wildman–Crippen LogP) is 3.53. The summed E-state index contributed by atoms with van der Waals surface area (Å²) in [6, 6.07) is 11.7. The smallest absolute Gasteiger partial charge is 0.122 e. The highest BCUT2D eigenvalue weighted by atomic mass is 16.5. The van der Waals surface area contributed by atoms with Crippen LogP contribution in [0.1, 0.15) is 18.1 Å². The van der Waals surface area contributed by atoms with E-state index in [1.165, 1.54) is 0 Å². The fraction of sp³-hybridized carbons (Fsp3) is 0.222. The fourth-order valence-electron chi connectivity index (χ4n) is 2.52. The highest BCUT2D eigenvalue weighted by molar-refractivity contribution is 5.66. The molecule has 0 aliphatic carbocycles. The first kappa shape index (κ1) is 15.1. The Morgan fingerprint density at radius 2 is 1.83 bits per heavy atom. The average Bonchev–Trinajstić information content (AvgIpc) is 3.01. The lowest BCUT2D eigenvalue weighted by Gasteiger charge is -2.10. The normalized spacial score (nSPS) is 10.7. The second-order valence-electron chi connectivity index (χ2n) is 5.51. The Bertz CT molecular complexity index is 822. The number of nitrogens with two attached hydrogens (primary N) is 1. The van der Waals surface area contributed by atoms with Gasteiger partial charge in [0.1, 0.15) is 11.4 Å². The van der Waals surface area contributed by atoms with Crippen LogP contribution in [0.3, 0.4) is 0 Å². The number of anilines is 1. The van der Waals surface area contributed by atoms with E-state index in [-0.39, 0.29) is 0 Å². The van der Waals surface area contributed by atoms with Gasteiger partial charge in [-0.05, 0) is 68.3 Å². The third-order valence-corrected chi connectivity index (χ3v) is 3.75. The minimum Gasteiger partial charge on any atom is -0.494 e. The fourth-order valence-corrected chi connectivity index (χ4v) is 2.52. The number of hydrogen-bond donors (Lipinski definition) is 1. The molecule has 0 radical (unpaired) electrons. The van der Waals surface area contributed by atoms with Crippen LogP contribution in [-0.4, -0.2) is 21.6 Å². The van der Waals surface area contributed by atoms with Crippen LogP contribution in [0.15, 0.2) is 42.6 Å². The van der Waals surface area contributed by atoms with Crippen molar-refractivity contribution in [1.82, 2.24) is 15.0 Å². The van der Waals surface area contributed by atoms with Gasteiger partial charge in [0, 0.05) is 11.3 Å². The van der Waals surface area contributed by atoms with Crippen molar-refractivity contribution in [3.63, 3.8) is 0 Å². The topological polar surface area (TPSA) is 66.0 Å². The zero-order chi connectivity index (χ0) is 16.4. The van der Waals surface area contributed by atoms with Crippen LogP contribution in [0.25, 0.3) is 16.9 Å². The van der Waals surface area contributed by atoms with Crippen molar-refractivity contribution in [1.29, 1.82) is 0 Å². The van der Waals surface area contributed by atoms with Gasteiger partial charge in [-0.3, -0.25) is 0 Å². The summed E-state index contributed by atoms with van der Waals surface area (Å²) in [5.41, 5.74) is 11.5. The van der Waals surface area contributed by atoms with E-state index in [2.05, 4.69) is 29.4 Å². The molecular formula is C18H20N4O. The maximum absolute atomic E-state index is 5.72. The summed E-state index contributed by atoms with van der Waals surface area (Å²) in [5, 5.41) is 8.52. The second-order valence-corrected chi connectivity index (χ2v) is 5.51. The monoisotopic (exact) mass is 308 g/mol. The first-order valence-corrected chi connectivity index (χ1v) is 7.61. The molecule has 0 aliphatic rings. The number of aryl methyl sites for hydroxylation is 2. The Morgan fingerprint density at radius 1 is 1.09 bits per heavy atom. The standard InChI is InChI=1S/C18H20N4O/c1-4-23-18-10-12(2)16(9-13(18)3)17-11-22(21-20-17)15-7-5-14(19)6-8-15/h5-11H,4,19H2,1-3H3. The van der Waals surface area contributed by atoms with Gasteiger partial charge in [0.05, 0.1) is 18.5 Å². The van der Waals surface area contributed by atoms with E-state index in [4.69, 9.17) is 10.5 Å². The number of nitrogens with zero attached hydrogens (tertiary/aromatic N) is 3. The molecule has 2 N–H and O–H groups in total. The van der Waals surface area contributed by atoms with Crippen molar-refractivity contribution < 1.29 is 4.74 Å². The van der Waals surface area contributed by atoms with Gasteiger partial charge in [0.25, 0.3) is 0 Å². The number of rotatable bonds is 4. The van der Waals surface area contributed by atoms with Gasteiger partial charge in [-0.25, -0.2) is 4.68 Å². The molecule has 0 saturated carbocycles. The third-order valence-electron chi connectivity index (χ3n) is 3.75. The summed E-state index contributed by atoms with van der Waals surface area (Å²) in [5.74, 6) is 0.916. The summed E-state index contributed by atoms with van der Waals surface area (Å²) in [6.45, 7) is 6.74. The van der Waals surface area contributed by atoms with Gasteiger partial charge in [-0.1, -0.05) is 5.21 Å². The second kappa shape index (κ2) is 6.12. The Hall–Kier alpha value is -2.82. The Balaban J connectivity index is 1.97. The maximum Gasteiger partial charge on any atom is 0.122 e. The van der Waals surface area contributed by atoms with Crippen LogP contribution >= 0.6 is 0 Å². The molecule has 23 heavy (non-hydrogen) atoms. The van der Waals surface area contributed by atoms with Crippen LogP contribution < -0.4 is 10.5 Å². The van der Waals surface area contributed by atoms with Gasteiger partial charge in [0.15, 0.2) is 0 Å². The number of benzene rings is 2. The molecule has 0 saturated heterocycles. The minimum absolute atomic E-state index is 0.660. The summed E-state index contributed by atoms with van der Waals surface area (Å²) in [4.78, 5) is 0. The number of hydrogen-bond acceptors (Lipinski definition) is 4. The zero-order valence-electron chi connectivity index (χ0n) is 13.6. The number of aromatic nitrogens is 3. The lowest BCUT2D eigenvalue weighted by molar-refractivity contribution is 0.337. The molecule has 2 aromatic carbocycles. The zero-order valence-corrected chi connectivity index (χ0v) is 13.6. The lowest BCUT2D eigenvalue weighted by Crippen LogP contribution is -1.96. The van der Waals surface area contributed by atoms with Gasteiger partial charge in [0.2, 0.25) is 0 Å². The molecule has 5 heteroatoms. The molecule has 0 bridgehead atoms. The first-order valence-electron chi connectivity index (χ1n) is 7.61. The van der Waals surface area contributed by atoms with E-state index in [1.54, 1.807) is 4.68 Å². The molecule has 1 heterocycles. The van der Waals surface area contributed by atoms with Crippen LogP contribution in [0.4, 0.5) is 5.69 Å². The van der Waals surface area contributed by atoms with Crippen molar-refractivity contribution in [2.45, 2.75) is 20.8 Å². The van der Waals surface area contributed by atoms with Gasteiger partial charge >= 0.3 is 0 Å². The molecule has 0 aliphatic heterocycles. The van der Waals surface area contributed by atoms with Gasteiger partial charge in [-0.15, -0.1) is 5.10 Å². The largest absolute Gasteiger partial charge is 0.494 e. The average molecular weight is 308 g/mol. The summed E-state index contributed by atoms with van der Waals surface area (Å²) < 4.78 is 7.39. The molecule has 0 atom stereocenters. The van der Waals surface area contributed by atoms with Crippen molar-refractivity contribution in [3.05, 3.63) is 53.7 Å². The Kier molecular flexibility index (Phi) is 4.02. The van der Waals surface area contributed by atoms with Crippen molar-refractivity contribution in [3.8, 4) is 22.7 Å². The van der Waals surface area contributed by atoms with Crippen LogP contribution in [0, 0.1) is 13.8 Å². The summed E-state index contributed by atoms with van der Waals surface area (Å²) >= 11 is 0. The first-order chi connectivity index (χ1) is 11.1. The SMILES string of the molecule is CCOc1cc(C)c(-c2cn(-c3ccc(N)cc3)nn2)cc1C. The predicted molar refractivity (Wildman–Crippen MR) is 91.9 cm³/mol. The summed E-state index contributed by atoms with van der Waals surface area (Å²) in [7, 11) is 0. The highest BCUT2D eigenvalue weighted by Gasteiger charge is 2.11. The number of ether oxygens (including phenoxy) is 1. The quantitative estimate of drug-likeness (QED) is 0.749. The Labute approximate surface area is 135 Å². The molecule has 0 spiro atoms. The molecule has 3 aromatic rings. The van der Waals surface area contributed by atoms with E-state index in [0.29, 0.717) is 6.61 Å². The molecule has 0 amide bonds. The van der Waals surface area contributed by atoms with E-state index >= 15 is 0 Å². The minimum atomic E-state index is 0.660. The van der Waals surface area contributed by atoms with E-state index in [1.807, 2.05) is 44.3 Å². The molecule has 0 fully saturated rings. The van der Waals surface area contributed by atoms with E-state index in [9.17, 15) is 0 Å². The van der Waals surface area contributed by atoms with Gasteiger partial charge in [-0.2, -0.15) is 0 Å². The van der Waals surface area contributed by atoms with Gasteiger partial charge < -0.3 is 10.5 Å². The number of nitrogen functional groups attached to an aromatic ring is 1. The van der Waals surface area contributed by atoms with Crippen molar-refractivity contribution in [2.24, 2.45) is 0 Å². The van der Waals surface area contributed by atoms with Crippen LogP contribution in [0.2, 0.25) is 0 Å². The highest BCUT2D eigenvalue weighted by Crippen LogP contribution is 2.29. The van der Waals surface area contributed by atoms with Crippen molar-refractivity contribution >= 4 is 5.69 Å². The van der Waals surface area contributed by atoms with Crippen LogP contribution in [-0.2, 0) is 0 Å². The molecule has 0 unspecified atom stereocenters. The van der Waals surface area contributed by atoms with E-state index in [0.717, 1.165) is 39.5 Å². The molecular weight excluding hydrogens is 288 g/mol. The third kappa shape index (κ3) is 3.04. The maximum atomic E-state index is 5.72.